The van der Waals surface area contributed by atoms with Crippen molar-refractivity contribution in [3.63, 3.8) is 0 Å². The van der Waals surface area contributed by atoms with Gasteiger partial charge in [0.15, 0.2) is 11.4 Å². The van der Waals surface area contributed by atoms with Gasteiger partial charge in [0.05, 0.1) is 23.8 Å². The van der Waals surface area contributed by atoms with E-state index in [1.807, 2.05) is 0 Å². The van der Waals surface area contributed by atoms with E-state index in [4.69, 9.17) is 10.2 Å². The van der Waals surface area contributed by atoms with E-state index in [9.17, 15) is 29.7 Å². The van der Waals surface area contributed by atoms with Gasteiger partial charge >= 0.3 is 0 Å². The van der Waals surface area contributed by atoms with E-state index < -0.39 is 53.0 Å². The number of phenols is 1. The van der Waals surface area contributed by atoms with E-state index in [2.05, 4.69) is 4.98 Å². The van der Waals surface area contributed by atoms with Gasteiger partial charge in [-0.3, -0.25) is 14.4 Å². The topological polar surface area (TPSA) is 167 Å². The summed E-state index contributed by atoms with van der Waals surface area (Å²) in [5.41, 5.74) is 4.33. The average Bonchev–Trinajstić information content (AvgIpc) is 3.30. The van der Waals surface area contributed by atoms with E-state index in [-0.39, 0.29) is 23.3 Å². The minimum absolute atomic E-state index is 0.145. The van der Waals surface area contributed by atoms with Crippen LogP contribution in [0.25, 0.3) is 11.5 Å². The number of likely N-dealkylation sites (N-methyl/N-ethyl adjacent to an activating group) is 1. The minimum Gasteiger partial charge on any atom is -0.508 e. The number of carbonyl (C=O) groups excluding carboxylic acids is 3. The van der Waals surface area contributed by atoms with Crippen LogP contribution in [0.4, 0.5) is 0 Å². The molecule has 10 heteroatoms. The summed E-state index contributed by atoms with van der Waals surface area (Å²) >= 11 is 0. The molecule has 3 aliphatic carbocycles. The smallest absolute Gasteiger partial charge is 0.252 e. The van der Waals surface area contributed by atoms with Crippen LogP contribution in [0.2, 0.25) is 0 Å². The molecule has 5 N–H and O–H groups in total. The first-order valence-electron chi connectivity index (χ1n) is 11.4. The molecule has 2 unspecified atom stereocenters. The molecular formula is C25H27N3O7. The van der Waals surface area contributed by atoms with Crippen molar-refractivity contribution in [2.24, 2.45) is 23.5 Å². The third kappa shape index (κ3) is 3.06. The van der Waals surface area contributed by atoms with Gasteiger partial charge in [-0.05, 0) is 63.0 Å². The van der Waals surface area contributed by atoms with Crippen LogP contribution in [0.3, 0.4) is 0 Å². The molecule has 1 heterocycles. The van der Waals surface area contributed by atoms with Crippen molar-refractivity contribution < 1.29 is 34.1 Å². The number of hydrogen-bond donors (Lipinski definition) is 4. The lowest BCUT2D eigenvalue weighted by Crippen LogP contribution is -2.69. The molecule has 6 atom stereocenters. The second-order valence-electron chi connectivity index (χ2n) is 9.93. The fourth-order valence-electron chi connectivity index (χ4n) is 6.62. The highest BCUT2D eigenvalue weighted by Gasteiger charge is 2.66. The molecule has 1 amide bonds. The second-order valence-corrected chi connectivity index (χ2v) is 9.93. The number of amides is 1. The Labute approximate surface area is 201 Å². The third-order valence-electron chi connectivity index (χ3n) is 7.97. The maximum atomic E-state index is 13.9. The molecule has 0 aliphatic heterocycles. The van der Waals surface area contributed by atoms with Crippen molar-refractivity contribution in [3.05, 3.63) is 46.9 Å². The second kappa shape index (κ2) is 7.84. The Bertz CT molecular complexity index is 1280. The van der Waals surface area contributed by atoms with Crippen molar-refractivity contribution in [2.75, 3.05) is 14.1 Å². The lowest BCUT2D eigenvalue weighted by Gasteiger charge is -2.53. The molecule has 0 saturated heterocycles. The molecular weight excluding hydrogens is 454 g/mol. The molecule has 1 aromatic carbocycles. The zero-order valence-corrected chi connectivity index (χ0v) is 19.6. The number of hydrogen-bond acceptors (Lipinski definition) is 9. The average molecular weight is 482 g/mol. The van der Waals surface area contributed by atoms with Gasteiger partial charge in [-0.15, -0.1) is 0 Å². The van der Waals surface area contributed by atoms with Crippen LogP contribution in [-0.4, -0.2) is 68.4 Å². The molecule has 0 radical (unpaired) electrons. The highest BCUT2D eigenvalue weighted by Crippen LogP contribution is 2.55. The monoisotopic (exact) mass is 481 g/mol. The Morgan fingerprint density at radius 2 is 2.00 bits per heavy atom. The maximum Gasteiger partial charge on any atom is 0.252 e. The maximum absolute atomic E-state index is 13.9. The zero-order valence-electron chi connectivity index (χ0n) is 19.6. The summed E-state index contributed by atoms with van der Waals surface area (Å²) in [5.74, 6) is -5.24. The first kappa shape index (κ1) is 23.4. The van der Waals surface area contributed by atoms with Gasteiger partial charge in [-0.2, -0.15) is 0 Å². The number of aliphatic hydroxyl groups excluding tert-OH is 1. The Kier molecular flexibility index (Phi) is 5.24. The number of aliphatic hydroxyl groups is 2. The SMILES string of the molecule is CC1=C(C(N)=O)C(=O)[C@@]2(O)C(=O)C3C(O)c4c(O)ccc(-c5ncco5)c4C[C@H]3C[C@H]2[C@@H]1N(C)C. The van der Waals surface area contributed by atoms with Crippen molar-refractivity contribution in [1.29, 1.82) is 0 Å². The van der Waals surface area contributed by atoms with Crippen molar-refractivity contribution in [3.8, 4) is 17.2 Å². The molecule has 1 fully saturated rings. The molecule has 3 aliphatic rings. The lowest BCUT2D eigenvalue weighted by atomic mass is 9.53. The molecule has 1 saturated carbocycles. The first-order chi connectivity index (χ1) is 16.5. The summed E-state index contributed by atoms with van der Waals surface area (Å²) in [4.78, 5) is 45.4. The molecule has 1 aromatic heterocycles. The van der Waals surface area contributed by atoms with E-state index in [1.54, 1.807) is 32.0 Å². The number of carbonyl (C=O) groups is 3. The number of phenolic OH excluding ortho intramolecular Hbond substituents is 1. The zero-order chi connectivity index (χ0) is 25.4. The quantitative estimate of drug-likeness (QED) is 0.360. The van der Waals surface area contributed by atoms with Gasteiger partial charge in [-0.25, -0.2) is 4.98 Å². The molecule has 0 spiro atoms. The molecule has 184 valence electrons. The number of primary amides is 1. The Balaban J connectivity index is 1.67. The Hall–Kier alpha value is -3.34. The van der Waals surface area contributed by atoms with Gasteiger partial charge in [0, 0.05) is 23.1 Å². The standard InChI is InChI=1S/C25H27N3O7/c1-10-16(23(26)33)21(31)25(34)14(19(10)28(2)3)9-11-8-13-12(24-27-6-7-35-24)4-5-15(29)18(13)20(30)17(11)22(25)32/h4-7,11,14,17,19-20,29-30,34H,8-9H2,1-3H3,(H2,26,33)/t11-,14-,17?,19+,20?,25+/m0/s1. The highest BCUT2D eigenvalue weighted by molar-refractivity contribution is 6.30. The van der Waals surface area contributed by atoms with Crippen LogP contribution in [0.5, 0.6) is 5.75 Å². The number of nitrogens with zero attached hydrogens (tertiary/aromatic N) is 2. The summed E-state index contributed by atoms with van der Waals surface area (Å²) in [6.07, 6.45) is 1.94. The molecule has 35 heavy (non-hydrogen) atoms. The number of oxazole rings is 1. The van der Waals surface area contributed by atoms with Crippen molar-refractivity contribution in [1.82, 2.24) is 9.88 Å². The van der Waals surface area contributed by atoms with E-state index >= 15 is 0 Å². The van der Waals surface area contributed by atoms with Crippen molar-refractivity contribution >= 4 is 17.5 Å². The fraction of sp³-hybridized carbons (Fsp3) is 0.440. The van der Waals surface area contributed by atoms with Crippen molar-refractivity contribution in [2.45, 2.75) is 37.5 Å². The first-order valence-corrected chi connectivity index (χ1v) is 11.4. The predicted molar refractivity (Wildman–Crippen MR) is 122 cm³/mol. The number of fused-ring (bicyclic) bond motifs is 3. The summed E-state index contributed by atoms with van der Waals surface area (Å²) in [6, 6.07) is 2.43. The number of aromatic hydroxyl groups is 1. The largest absolute Gasteiger partial charge is 0.508 e. The summed E-state index contributed by atoms with van der Waals surface area (Å²) in [6.45, 7) is 1.61. The lowest BCUT2D eigenvalue weighted by molar-refractivity contribution is -0.176. The summed E-state index contributed by atoms with van der Waals surface area (Å²) < 4.78 is 5.45. The molecule has 10 nitrogen and oxygen atoms in total. The number of benzene rings is 1. The number of aromatic nitrogens is 1. The van der Waals surface area contributed by atoms with Gasteiger partial charge in [0.25, 0.3) is 5.91 Å². The number of nitrogens with two attached hydrogens (primary N) is 1. The van der Waals surface area contributed by atoms with Crippen LogP contribution in [0.15, 0.2) is 40.2 Å². The minimum atomic E-state index is -2.52. The summed E-state index contributed by atoms with van der Waals surface area (Å²) in [7, 11) is 3.48. The van der Waals surface area contributed by atoms with Gasteiger partial charge in [0.1, 0.15) is 12.0 Å². The Morgan fingerprint density at radius 3 is 2.60 bits per heavy atom. The highest BCUT2D eigenvalue weighted by atomic mass is 16.3. The number of ketones is 2. The molecule has 2 aromatic rings. The normalized spacial score (nSPS) is 32.3. The van der Waals surface area contributed by atoms with Crippen LogP contribution in [0.1, 0.15) is 30.6 Å². The Morgan fingerprint density at radius 1 is 1.29 bits per heavy atom. The van der Waals surface area contributed by atoms with Crippen LogP contribution >= 0.6 is 0 Å². The van der Waals surface area contributed by atoms with Crippen LogP contribution < -0.4 is 5.73 Å². The van der Waals surface area contributed by atoms with Gasteiger partial charge in [0.2, 0.25) is 11.7 Å². The third-order valence-corrected chi connectivity index (χ3v) is 7.97. The summed E-state index contributed by atoms with van der Waals surface area (Å²) in [5, 5.41) is 33.7. The van der Waals surface area contributed by atoms with Gasteiger partial charge < -0.3 is 30.4 Å². The number of rotatable bonds is 3. The fourth-order valence-corrected chi connectivity index (χ4v) is 6.62. The number of Topliss-reactive ketones (excluding diaryl/α,β-unsaturated/α-hetero) is 2. The van der Waals surface area contributed by atoms with E-state index in [0.29, 0.717) is 29.0 Å². The van der Waals surface area contributed by atoms with E-state index in [0.717, 1.165) is 0 Å². The molecule has 0 bridgehead atoms. The van der Waals surface area contributed by atoms with E-state index in [1.165, 1.54) is 18.5 Å². The predicted octanol–water partition coefficient (Wildman–Crippen LogP) is 0.504. The van der Waals surface area contributed by atoms with Crippen LogP contribution in [0, 0.1) is 17.8 Å². The van der Waals surface area contributed by atoms with Crippen LogP contribution in [-0.2, 0) is 20.8 Å². The van der Waals surface area contributed by atoms with Gasteiger partial charge in [-0.1, -0.05) is 0 Å². The molecule has 5 rings (SSSR count).